The second-order valence-electron chi connectivity index (χ2n) is 5.66. The summed E-state index contributed by atoms with van der Waals surface area (Å²) in [5.74, 6) is 1.54. The minimum Gasteiger partial charge on any atom is -0.496 e. The van der Waals surface area contributed by atoms with Crippen LogP contribution in [0.2, 0.25) is 0 Å². The lowest BCUT2D eigenvalue weighted by molar-refractivity contribution is 0.271. The fourth-order valence-corrected chi connectivity index (χ4v) is 2.74. The van der Waals surface area contributed by atoms with Crippen LogP contribution in [0.4, 0.5) is 5.82 Å². The number of hydrogen-bond acceptors (Lipinski definition) is 6. The Labute approximate surface area is 140 Å². The number of hydrogen-bond donors (Lipinski definition) is 2. The average molecular weight is 327 g/mol. The van der Waals surface area contributed by atoms with Gasteiger partial charge in [0.25, 0.3) is 0 Å². The van der Waals surface area contributed by atoms with Gasteiger partial charge in [-0.3, -0.25) is 0 Å². The van der Waals surface area contributed by atoms with Gasteiger partial charge in [0.1, 0.15) is 17.9 Å². The predicted molar refractivity (Wildman–Crippen MR) is 92.2 cm³/mol. The lowest BCUT2D eigenvalue weighted by Crippen LogP contribution is -2.10. The molecule has 1 atom stereocenters. The SMILES string of the molecule is COc1ccc(C)cc1[C@H](C)Nc1ncnc2c1cnn2CCO. The van der Waals surface area contributed by atoms with Gasteiger partial charge in [0, 0.05) is 5.56 Å². The quantitative estimate of drug-likeness (QED) is 0.723. The third-order valence-electron chi connectivity index (χ3n) is 3.95. The van der Waals surface area contributed by atoms with Crippen molar-refractivity contribution in [3.8, 4) is 5.75 Å². The molecule has 7 heteroatoms. The van der Waals surface area contributed by atoms with Crippen LogP contribution in [-0.2, 0) is 6.54 Å². The normalized spacial score (nSPS) is 12.3. The van der Waals surface area contributed by atoms with Gasteiger partial charge in [0.15, 0.2) is 5.65 Å². The summed E-state index contributed by atoms with van der Waals surface area (Å²) in [5, 5.41) is 17.6. The molecule has 24 heavy (non-hydrogen) atoms. The summed E-state index contributed by atoms with van der Waals surface area (Å²) in [6, 6.07) is 6.10. The van der Waals surface area contributed by atoms with Gasteiger partial charge >= 0.3 is 0 Å². The minimum atomic E-state index is -0.000795. The van der Waals surface area contributed by atoms with E-state index in [1.165, 1.54) is 11.9 Å². The van der Waals surface area contributed by atoms with Crippen molar-refractivity contribution in [3.63, 3.8) is 0 Å². The Hall–Kier alpha value is -2.67. The van der Waals surface area contributed by atoms with Gasteiger partial charge in [-0.05, 0) is 19.9 Å². The number of aryl methyl sites for hydroxylation is 1. The molecular formula is C17H21N5O2. The van der Waals surface area contributed by atoms with E-state index in [-0.39, 0.29) is 12.6 Å². The molecule has 0 spiro atoms. The molecule has 0 amide bonds. The molecule has 0 aliphatic rings. The first-order valence-electron chi connectivity index (χ1n) is 7.82. The van der Waals surface area contributed by atoms with Crippen LogP contribution in [-0.4, -0.2) is 38.6 Å². The zero-order chi connectivity index (χ0) is 17.1. The molecule has 3 aromatic rings. The smallest absolute Gasteiger partial charge is 0.163 e. The van der Waals surface area contributed by atoms with Crippen LogP contribution in [0.3, 0.4) is 0 Å². The van der Waals surface area contributed by atoms with E-state index in [0.717, 1.165) is 16.7 Å². The third-order valence-corrected chi connectivity index (χ3v) is 3.95. The number of aromatic nitrogens is 4. The second-order valence-corrected chi connectivity index (χ2v) is 5.66. The van der Waals surface area contributed by atoms with Crippen molar-refractivity contribution in [1.29, 1.82) is 0 Å². The number of methoxy groups -OCH3 is 1. The summed E-state index contributed by atoms with van der Waals surface area (Å²) < 4.78 is 7.13. The topological polar surface area (TPSA) is 85.1 Å². The first-order valence-corrected chi connectivity index (χ1v) is 7.82. The molecule has 126 valence electrons. The first kappa shape index (κ1) is 16.2. The molecule has 7 nitrogen and oxygen atoms in total. The molecule has 0 fully saturated rings. The number of nitrogens with one attached hydrogen (secondary N) is 1. The van der Waals surface area contributed by atoms with Crippen molar-refractivity contribution in [2.75, 3.05) is 19.0 Å². The van der Waals surface area contributed by atoms with Crippen molar-refractivity contribution in [2.45, 2.75) is 26.4 Å². The zero-order valence-corrected chi connectivity index (χ0v) is 14.0. The highest BCUT2D eigenvalue weighted by Gasteiger charge is 2.15. The van der Waals surface area contributed by atoms with E-state index in [0.29, 0.717) is 18.0 Å². The van der Waals surface area contributed by atoms with Crippen molar-refractivity contribution in [1.82, 2.24) is 19.7 Å². The van der Waals surface area contributed by atoms with Crippen LogP contribution in [0.5, 0.6) is 5.75 Å². The molecule has 2 heterocycles. The Balaban J connectivity index is 1.94. The molecule has 2 N–H and O–H groups in total. The van der Waals surface area contributed by atoms with Gasteiger partial charge < -0.3 is 15.2 Å². The fourth-order valence-electron chi connectivity index (χ4n) is 2.74. The maximum absolute atomic E-state index is 9.11. The third kappa shape index (κ3) is 3.03. The summed E-state index contributed by atoms with van der Waals surface area (Å²) in [4.78, 5) is 8.61. The Morgan fingerprint density at radius 2 is 2.17 bits per heavy atom. The average Bonchev–Trinajstić information content (AvgIpc) is 2.99. The molecule has 0 aliphatic carbocycles. The number of rotatable bonds is 6. The van der Waals surface area contributed by atoms with Gasteiger partial charge in [0.05, 0.1) is 37.9 Å². The summed E-state index contributed by atoms with van der Waals surface area (Å²) >= 11 is 0. The van der Waals surface area contributed by atoms with Gasteiger partial charge in [-0.2, -0.15) is 5.10 Å². The molecule has 3 rings (SSSR count). The van der Waals surface area contributed by atoms with Gasteiger partial charge in [-0.15, -0.1) is 0 Å². The van der Waals surface area contributed by atoms with Gasteiger partial charge in [-0.1, -0.05) is 17.7 Å². The molecule has 0 bridgehead atoms. The van der Waals surface area contributed by atoms with Crippen molar-refractivity contribution >= 4 is 16.9 Å². The molecular weight excluding hydrogens is 306 g/mol. The van der Waals surface area contributed by atoms with E-state index in [1.807, 2.05) is 12.1 Å². The number of ether oxygens (including phenoxy) is 1. The number of aliphatic hydroxyl groups is 1. The molecule has 0 aliphatic heterocycles. The van der Waals surface area contributed by atoms with Crippen LogP contribution in [0.1, 0.15) is 24.1 Å². The first-order chi connectivity index (χ1) is 11.6. The van der Waals surface area contributed by atoms with E-state index in [2.05, 4.69) is 40.3 Å². The molecule has 0 radical (unpaired) electrons. The summed E-state index contributed by atoms with van der Waals surface area (Å²) in [6.07, 6.45) is 3.22. The number of benzene rings is 1. The molecule has 0 saturated heterocycles. The Morgan fingerprint density at radius 3 is 2.92 bits per heavy atom. The minimum absolute atomic E-state index is 0.000795. The molecule has 0 saturated carbocycles. The fraction of sp³-hybridized carbons (Fsp3) is 0.353. The maximum Gasteiger partial charge on any atom is 0.163 e. The van der Waals surface area contributed by atoms with Crippen LogP contribution >= 0.6 is 0 Å². The van der Waals surface area contributed by atoms with Crippen molar-refractivity contribution in [2.24, 2.45) is 0 Å². The lowest BCUT2D eigenvalue weighted by Gasteiger charge is -2.18. The number of anilines is 1. The Kier molecular flexibility index (Phi) is 4.61. The molecule has 0 unspecified atom stereocenters. The van der Waals surface area contributed by atoms with E-state index in [9.17, 15) is 0 Å². The standard InChI is InChI=1S/C17H21N5O2/c1-11-4-5-15(24-3)13(8-11)12(2)21-16-14-9-20-22(6-7-23)17(14)19-10-18-16/h4-5,8-10,12,23H,6-7H2,1-3H3,(H,18,19,21)/t12-/m0/s1. The molecule has 2 aromatic heterocycles. The predicted octanol–water partition coefficient (Wildman–Crippen LogP) is 2.31. The highest BCUT2D eigenvalue weighted by molar-refractivity contribution is 5.86. The monoisotopic (exact) mass is 327 g/mol. The van der Waals surface area contributed by atoms with E-state index in [1.54, 1.807) is 18.0 Å². The van der Waals surface area contributed by atoms with Crippen LogP contribution < -0.4 is 10.1 Å². The van der Waals surface area contributed by atoms with Gasteiger partial charge in [-0.25, -0.2) is 14.6 Å². The van der Waals surface area contributed by atoms with E-state index in [4.69, 9.17) is 9.84 Å². The number of aliphatic hydroxyl groups excluding tert-OH is 1. The molecule has 1 aromatic carbocycles. The van der Waals surface area contributed by atoms with Crippen molar-refractivity contribution < 1.29 is 9.84 Å². The van der Waals surface area contributed by atoms with E-state index >= 15 is 0 Å². The van der Waals surface area contributed by atoms with Gasteiger partial charge in [0.2, 0.25) is 0 Å². The summed E-state index contributed by atoms with van der Waals surface area (Å²) in [6.45, 7) is 4.53. The Bertz CT molecular complexity index is 846. The summed E-state index contributed by atoms with van der Waals surface area (Å²) in [7, 11) is 1.67. The number of nitrogens with zero attached hydrogens (tertiary/aromatic N) is 4. The highest BCUT2D eigenvalue weighted by atomic mass is 16.5. The second kappa shape index (κ2) is 6.84. The maximum atomic E-state index is 9.11. The summed E-state index contributed by atoms with van der Waals surface area (Å²) in [5.41, 5.74) is 2.93. The van der Waals surface area contributed by atoms with Crippen LogP contribution in [0.25, 0.3) is 11.0 Å². The number of fused-ring (bicyclic) bond motifs is 1. The van der Waals surface area contributed by atoms with Crippen LogP contribution in [0.15, 0.2) is 30.7 Å². The Morgan fingerprint density at radius 1 is 1.33 bits per heavy atom. The largest absolute Gasteiger partial charge is 0.496 e. The van der Waals surface area contributed by atoms with Crippen molar-refractivity contribution in [3.05, 3.63) is 41.9 Å². The van der Waals surface area contributed by atoms with Crippen LogP contribution in [0, 0.1) is 6.92 Å². The zero-order valence-electron chi connectivity index (χ0n) is 14.0. The highest BCUT2D eigenvalue weighted by Crippen LogP contribution is 2.30. The lowest BCUT2D eigenvalue weighted by atomic mass is 10.0. The van der Waals surface area contributed by atoms with E-state index < -0.39 is 0 Å².